The summed E-state index contributed by atoms with van der Waals surface area (Å²) in [7, 11) is 1.63. The number of rotatable bonds is 6. The number of carbonyl (C=O) groups is 1. The largest absolute Gasteiger partial charge is 0.463 e. The van der Waals surface area contributed by atoms with Crippen molar-refractivity contribution < 1.29 is 19.1 Å². The van der Waals surface area contributed by atoms with Gasteiger partial charge in [-0.3, -0.25) is 0 Å². The number of amides is 2. The van der Waals surface area contributed by atoms with Crippen LogP contribution in [0.15, 0.2) is 40.8 Å². The Morgan fingerprint density at radius 2 is 2.12 bits per heavy atom. The minimum Gasteiger partial charge on any atom is -0.463 e. The number of urea groups is 1. The molecule has 0 unspecified atom stereocenters. The topological polar surface area (TPSA) is 83.7 Å². The Morgan fingerprint density at radius 3 is 2.75 bits per heavy atom. The molecular weight excluding hydrogens is 308 g/mol. The Kier molecular flexibility index (Phi) is 5.64. The van der Waals surface area contributed by atoms with Gasteiger partial charge >= 0.3 is 6.03 Å². The van der Waals surface area contributed by atoms with Crippen LogP contribution in [0.4, 0.5) is 10.5 Å². The molecule has 2 aromatic rings. The van der Waals surface area contributed by atoms with E-state index in [0.29, 0.717) is 17.2 Å². The number of furan rings is 1. The normalized spacial score (nSPS) is 14.7. The Hall–Kier alpha value is -2.31. The van der Waals surface area contributed by atoms with Crippen molar-refractivity contribution in [2.24, 2.45) is 0 Å². The lowest BCUT2D eigenvalue weighted by Crippen LogP contribution is -2.40. The van der Waals surface area contributed by atoms with Crippen molar-refractivity contribution >= 4 is 11.7 Å². The number of hydrogen-bond donors (Lipinski definition) is 3. The molecule has 0 aliphatic rings. The molecule has 0 fully saturated rings. The average molecular weight is 332 g/mol. The number of benzene rings is 1. The minimum atomic E-state index is -1.28. The highest BCUT2D eigenvalue weighted by atomic mass is 16.5. The highest BCUT2D eigenvalue weighted by Gasteiger charge is 2.27. The molecule has 24 heavy (non-hydrogen) atoms. The summed E-state index contributed by atoms with van der Waals surface area (Å²) in [4.78, 5) is 12.1. The number of methoxy groups -OCH3 is 1. The van der Waals surface area contributed by atoms with E-state index in [0.717, 1.165) is 5.56 Å². The summed E-state index contributed by atoms with van der Waals surface area (Å²) in [5.74, 6) is 1.12. The molecule has 0 bridgehead atoms. The molecule has 130 valence electrons. The Bertz CT molecular complexity index is 694. The first kappa shape index (κ1) is 18.0. The van der Waals surface area contributed by atoms with Gasteiger partial charge in [-0.1, -0.05) is 12.1 Å². The predicted molar refractivity (Wildman–Crippen MR) is 91.9 cm³/mol. The molecule has 0 aliphatic heterocycles. The summed E-state index contributed by atoms with van der Waals surface area (Å²) in [6, 6.07) is 10.5. The zero-order valence-corrected chi connectivity index (χ0v) is 14.4. The molecule has 0 saturated heterocycles. The molecule has 0 spiro atoms. The zero-order valence-electron chi connectivity index (χ0n) is 14.4. The predicted octanol–water partition coefficient (Wildman–Crippen LogP) is 3.32. The number of aryl methyl sites for hydroxylation is 1. The van der Waals surface area contributed by atoms with E-state index in [1.807, 2.05) is 25.1 Å². The number of nitrogens with one attached hydrogen (secondary N) is 2. The van der Waals surface area contributed by atoms with Crippen LogP contribution in [0.1, 0.15) is 37.0 Å². The lowest BCUT2D eigenvalue weighted by molar-refractivity contribution is 0.0364. The van der Waals surface area contributed by atoms with Gasteiger partial charge in [0, 0.05) is 12.8 Å². The fraction of sp³-hybridized carbons (Fsp3) is 0.389. The monoisotopic (exact) mass is 332 g/mol. The molecule has 1 heterocycles. The van der Waals surface area contributed by atoms with E-state index in [4.69, 9.17) is 9.15 Å². The van der Waals surface area contributed by atoms with Crippen molar-refractivity contribution in [1.82, 2.24) is 5.32 Å². The van der Waals surface area contributed by atoms with Gasteiger partial charge in [0.25, 0.3) is 0 Å². The van der Waals surface area contributed by atoms with Crippen molar-refractivity contribution in [1.29, 1.82) is 0 Å². The molecule has 1 aromatic carbocycles. The number of hydrogen-bond acceptors (Lipinski definition) is 4. The molecule has 6 heteroatoms. The summed E-state index contributed by atoms with van der Waals surface area (Å²) in [5, 5.41) is 15.8. The molecule has 0 aliphatic carbocycles. The first-order valence-electron chi connectivity index (χ1n) is 7.79. The SMILES string of the molecule is CO[C@@H](C)c1cccc(NC(=O)NC[C@](C)(O)c2ccc(C)o2)c1. The second kappa shape index (κ2) is 7.51. The molecule has 0 radical (unpaired) electrons. The van der Waals surface area contributed by atoms with Gasteiger partial charge < -0.3 is 24.9 Å². The molecule has 2 rings (SSSR count). The van der Waals surface area contributed by atoms with Gasteiger partial charge in [-0.25, -0.2) is 4.79 Å². The standard InChI is InChI=1S/C18H24N2O4/c1-12-8-9-16(24-12)18(3,22)11-19-17(21)20-15-7-5-6-14(10-15)13(2)23-4/h5-10,13,22H,11H2,1-4H3,(H2,19,20,21)/t13-,18-/m0/s1. The summed E-state index contributed by atoms with van der Waals surface area (Å²) in [6.45, 7) is 5.35. The summed E-state index contributed by atoms with van der Waals surface area (Å²) >= 11 is 0. The van der Waals surface area contributed by atoms with Gasteiger partial charge in [0.15, 0.2) is 0 Å². The summed E-state index contributed by atoms with van der Waals surface area (Å²) in [6.07, 6.45) is -0.0577. The van der Waals surface area contributed by atoms with Crippen molar-refractivity contribution in [3.63, 3.8) is 0 Å². The highest BCUT2D eigenvalue weighted by Crippen LogP contribution is 2.22. The lowest BCUT2D eigenvalue weighted by Gasteiger charge is -2.21. The third kappa shape index (κ3) is 4.59. The van der Waals surface area contributed by atoms with Crippen LogP contribution in [0.5, 0.6) is 0 Å². The van der Waals surface area contributed by atoms with Crippen molar-refractivity contribution in [3.05, 3.63) is 53.5 Å². The van der Waals surface area contributed by atoms with Crippen LogP contribution >= 0.6 is 0 Å². The molecule has 2 atom stereocenters. The molecule has 6 nitrogen and oxygen atoms in total. The number of anilines is 1. The van der Waals surface area contributed by atoms with Crippen LogP contribution in [0.3, 0.4) is 0 Å². The van der Waals surface area contributed by atoms with Crippen LogP contribution in [-0.4, -0.2) is 24.8 Å². The van der Waals surface area contributed by atoms with Crippen LogP contribution < -0.4 is 10.6 Å². The first-order valence-corrected chi connectivity index (χ1v) is 7.79. The van der Waals surface area contributed by atoms with E-state index >= 15 is 0 Å². The van der Waals surface area contributed by atoms with Crippen LogP contribution in [0.25, 0.3) is 0 Å². The van der Waals surface area contributed by atoms with Crippen LogP contribution in [-0.2, 0) is 10.3 Å². The fourth-order valence-electron chi connectivity index (χ4n) is 2.24. The van der Waals surface area contributed by atoms with E-state index < -0.39 is 11.6 Å². The molecule has 0 saturated carbocycles. The van der Waals surface area contributed by atoms with E-state index in [9.17, 15) is 9.90 Å². The molecular formula is C18H24N2O4. The maximum Gasteiger partial charge on any atom is 0.319 e. The first-order chi connectivity index (χ1) is 11.3. The van der Waals surface area contributed by atoms with E-state index in [1.165, 1.54) is 0 Å². The van der Waals surface area contributed by atoms with E-state index in [2.05, 4.69) is 10.6 Å². The number of carbonyl (C=O) groups excluding carboxylic acids is 1. The van der Waals surface area contributed by atoms with Crippen molar-refractivity contribution in [2.75, 3.05) is 19.0 Å². The lowest BCUT2D eigenvalue weighted by atomic mass is 10.0. The van der Waals surface area contributed by atoms with E-state index in [-0.39, 0.29) is 12.6 Å². The maximum absolute atomic E-state index is 12.1. The zero-order chi connectivity index (χ0) is 17.7. The number of ether oxygens (including phenoxy) is 1. The van der Waals surface area contributed by atoms with Gasteiger partial charge in [-0.2, -0.15) is 0 Å². The second-order valence-corrected chi connectivity index (χ2v) is 6.00. The van der Waals surface area contributed by atoms with Gasteiger partial charge in [-0.15, -0.1) is 0 Å². The van der Waals surface area contributed by atoms with Gasteiger partial charge in [0.2, 0.25) is 0 Å². The average Bonchev–Trinajstić information content (AvgIpc) is 3.00. The molecule has 2 amide bonds. The van der Waals surface area contributed by atoms with Gasteiger partial charge in [0.05, 0.1) is 12.6 Å². The Labute approximate surface area is 141 Å². The highest BCUT2D eigenvalue weighted by molar-refractivity contribution is 5.89. The minimum absolute atomic E-state index is 0.0277. The number of aliphatic hydroxyl groups is 1. The summed E-state index contributed by atoms with van der Waals surface area (Å²) in [5.41, 5.74) is 0.341. The van der Waals surface area contributed by atoms with Crippen molar-refractivity contribution in [2.45, 2.75) is 32.5 Å². The van der Waals surface area contributed by atoms with Crippen LogP contribution in [0, 0.1) is 6.92 Å². The van der Waals surface area contributed by atoms with Crippen LogP contribution in [0.2, 0.25) is 0 Å². The maximum atomic E-state index is 12.1. The van der Waals surface area contributed by atoms with Gasteiger partial charge in [0.1, 0.15) is 17.1 Å². The smallest absolute Gasteiger partial charge is 0.319 e. The Balaban J connectivity index is 1.94. The summed E-state index contributed by atoms with van der Waals surface area (Å²) < 4.78 is 10.7. The molecule has 1 aromatic heterocycles. The second-order valence-electron chi connectivity index (χ2n) is 6.00. The van der Waals surface area contributed by atoms with Crippen molar-refractivity contribution in [3.8, 4) is 0 Å². The third-order valence-electron chi connectivity index (χ3n) is 3.83. The fourth-order valence-corrected chi connectivity index (χ4v) is 2.24. The third-order valence-corrected chi connectivity index (χ3v) is 3.83. The Morgan fingerprint density at radius 1 is 1.38 bits per heavy atom. The van der Waals surface area contributed by atoms with E-state index in [1.54, 1.807) is 39.2 Å². The van der Waals surface area contributed by atoms with Gasteiger partial charge in [-0.05, 0) is 50.6 Å². The molecule has 3 N–H and O–H groups in total. The quantitative estimate of drug-likeness (QED) is 0.757.